The third kappa shape index (κ3) is 2.01. The highest BCUT2D eigenvalue weighted by atomic mass is 15.0. The van der Waals surface area contributed by atoms with Crippen molar-refractivity contribution >= 4 is 12.4 Å². The Labute approximate surface area is 61.4 Å². The summed E-state index contributed by atoms with van der Waals surface area (Å²) < 4.78 is 0. The first-order chi connectivity index (χ1) is 4.63. The fourth-order valence-corrected chi connectivity index (χ4v) is 0.563. The van der Waals surface area contributed by atoms with E-state index < -0.39 is 0 Å². The lowest BCUT2D eigenvalue weighted by Crippen LogP contribution is -2.08. The van der Waals surface area contributed by atoms with Gasteiger partial charge in [0.2, 0.25) is 0 Å². The second kappa shape index (κ2) is 3.82. The average Bonchev–Trinajstić information content (AvgIpc) is 1.90. The second-order valence-corrected chi connectivity index (χ2v) is 2.01. The molecule has 0 bridgehead atoms. The van der Waals surface area contributed by atoms with Gasteiger partial charge in [0.15, 0.2) is 0 Å². The maximum Gasteiger partial charge on any atom is 0.129 e. The topological polar surface area (TPSA) is 48.2 Å². The molecule has 0 aliphatic rings. The molecule has 0 rings (SSSR count). The van der Waals surface area contributed by atoms with E-state index in [0.29, 0.717) is 11.5 Å². The summed E-state index contributed by atoms with van der Waals surface area (Å²) in [5.74, 6) is 0.674. The Hall–Kier alpha value is -1.12. The number of nitrogens with zero attached hydrogens (tertiary/aromatic N) is 1. The molecule has 3 heteroatoms. The van der Waals surface area contributed by atoms with Gasteiger partial charge in [-0.1, -0.05) is 0 Å². The van der Waals surface area contributed by atoms with E-state index in [-0.39, 0.29) is 0 Å². The Balaban J connectivity index is 4.59. The molecule has 2 N–H and O–H groups in total. The predicted molar refractivity (Wildman–Crippen MR) is 44.7 cm³/mol. The summed E-state index contributed by atoms with van der Waals surface area (Å²) in [6.07, 6.45) is 0. The highest BCUT2D eigenvalue weighted by molar-refractivity contribution is 5.95. The van der Waals surface area contributed by atoms with Crippen molar-refractivity contribution in [2.45, 2.75) is 13.8 Å². The van der Waals surface area contributed by atoms with Crippen molar-refractivity contribution in [3.8, 4) is 0 Å². The van der Waals surface area contributed by atoms with Crippen LogP contribution in [0.5, 0.6) is 0 Å². The molecule has 0 atom stereocenters. The van der Waals surface area contributed by atoms with Gasteiger partial charge in [0.05, 0.1) is 0 Å². The molecule has 0 aliphatic heterocycles. The molecule has 0 radical (unpaired) electrons. The average molecular weight is 139 g/mol. The molecule has 0 amide bonds. The monoisotopic (exact) mass is 139 g/mol. The zero-order valence-corrected chi connectivity index (χ0v) is 6.65. The molecule has 56 valence electrons. The Kier molecular flexibility index (Phi) is 3.39. The van der Waals surface area contributed by atoms with Gasteiger partial charge >= 0.3 is 0 Å². The van der Waals surface area contributed by atoms with Crippen LogP contribution >= 0.6 is 0 Å². The molecule has 0 aromatic heterocycles. The van der Waals surface area contributed by atoms with Crippen molar-refractivity contribution in [2.75, 3.05) is 7.05 Å². The van der Waals surface area contributed by atoms with E-state index in [9.17, 15) is 0 Å². The van der Waals surface area contributed by atoms with Gasteiger partial charge in [-0.2, -0.15) is 0 Å². The van der Waals surface area contributed by atoms with Crippen molar-refractivity contribution in [3.63, 3.8) is 0 Å². The van der Waals surface area contributed by atoms with Crippen molar-refractivity contribution in [3.05, 3.63) is 11.4 Å². The Morgan fingerprint density at radius 3 is 2.10 bits per heavy atom. The molecular weight excluding hydrogens is 126 g/mol. The maximum absolute atomic E-state index is 7.25. The van der Waals surface area contributed by atoms with E-state index in [2.05, 4.69) is 17.0 Å². The number of allylic oxidation sites excluding steroid dienone is 1. The Morgan fingerprint density at radius 1 is 1.50 bits per heavy atom. The van der Waals surface area contributed by atoms with E-state index >= 15 is 0 Å². The van der Waals surface area contributed by atoms with Crippen LogP contribution in [0.25, 0.3) is 0 Å². The number of hydrogen-bond donors (Lipinski definition) is 2. The van der Waals surface area contributed by atoms with Crippen LogP contribution in [0, 0.1) is 5.41 Å². The summed E-state index contributed by atoms with van der Waals surface area (Å²) in [5, 5.41) is 10.1. The lowest BCUT2D eigenvalue weighted by atomic mass is 10.2. The fraction of sp³-hybridized carbons (Fsp3) is 0.429. The van der Waals surface area contributed by atoms with E-state index in [1.807, 2.05) is 6.92 Å². The lowest BCUT2D eigenvalue weighted by Gasteiger charge is -2.03. The molecule has 10 heavy (non-hydrogen) atoms. The van der Waals surface area contributed by atoms with Crippen molar-refractivity contribution in [2.24, 2.45) is 4.99 Å². The van der Waals surface area contributed by atoms with E-state index in [0.717, 1.165) is 5.57 Å². The lowest BCUT2D eigenvalue weighted by molar-refractivity contribution is 0.953. The van der Waals surface area contributed by atoms with Crippen molar-refractivity contribution < 1.29 is 0 Å². The van der Waals surface area contributed by atoms with Crippen molar-refractivity contribution in [1.29, 1.82) is 5.41 Å². The SMILES string of the molecule is C=N/C(NC)=C(/C)C(C)=N. The van der Waals surface area contributed by atoms with Gasteiger partial charge in [-0.3, -0.25) is 0 Å². The van der Waals surface area contributed by atoms with Gasteiger partial charge in [0.1, 0.15) is 5.82 Å². The van der Waals surface area contributed by atoms with Crippen molar-refractivity contribution in [1.82, 2.24) is 5.32 Å². The number of hydrogen-bond acceptors (Lipinski definition) is 3. The third-order valence-corrected chi connectivity index (χ3v) is 1.31. The molecule has 0 spiro atoms. The molecule has 0 aliphatic carbocycles. The van der Waals surface area contributed by atoms with Crippen LogP contribution < -0.4 is 5.32 Å². The summed E-state index contributed by atoms with van der Waals surface area (Å²) in [6, 6.07) is 0. The first kappa shape index (κ1) is 8.88. The summed E-state index contributed by atoms with van der Waals surface area (Å²) >= 11 is 0. The minimum Gasteiger partial charge on any atom is -0.373 e. The quantitative estimate of drug-likeness (QED) is 0.567. The molecule has 0 fully saturated rings. The summed E-state index contributed by atoms with van der Waals surface area (Å²) in [5.41, 5.74) is 1.34. The number of nitrogens with one attached hydrogen (secondary N) is 2. The molecule has 0 saturated heterocycles. The van der Waals surface area contributed by atoms with Crippen LogP contribution in [0.3, 0.4) is 0 Å². The summed E-state index contributed by atoms with van der Waals surface area (Å²) in [7, 11) is 1.76. The standard InChI is InChI=1S/C7H13N3/c1-5(6(2)8)7(9-3)10-4/h8,10H,3H2,1-2,4H3/b7-5+,8-6?. The molecule has 0 saturated carbocycles. The summed E-state index contributed by atoms with van der Waals surface area (Å²) in [6.45, 7) is 6.92. The van der Waals surface area contributed by atoms with Gasteiger partial charge in [-0.15, -0.1) is 0 Å². The van der Waals surface area contributed by atoms with E-state index in [4.69, 9.17) is 5.41 Å². The van der Waals surface area contributed by atoms with Gasteiger partial charge in [-0.25, -0.2) is 4.99 Å². The number of rotatable bonds is 3. The highest BCUT2D eigenvalue weighted by Crippen LogP contribution is 2.01. The summed E-state index contributed by atoms with van der Waals surface area (Å²) in [4.78, 5) is 3.71. The normalized spacial score (nSPS) is 11.9. The predicted octanol–water partition coefficient (Wildman–Crippen LogP) is 1.18. The van der Waals surface area contributed by atoms with Crippen LogP contribution in [0.15, 0.2) is 16.4 Å². The van der Waals surface area contributed by atoms with Gasteiger partial charge in [0, 0.05) is 18.3 Å². The molecule has 0 aromatic rings. The molecular formula is C7H13N3. The number of aliphatic imine (C=N–C) groups is 1. The fourth-order valence-electron chi connectivity index (χ4n) is 0.563. The van der Waals surface area contributed by atoms with E-state index in [1.165, 1.54) is 0 Å². The highest BCUT2D eigenvalue weighted by Gasteiger charge is 1.97. The third-order valence-electron chi connectivity index (χ3n) is 1.31. The maximum atomic E-state index is 7.25. The molecule has 0 aromatic carbocycles. The van der Waals surface area contributed by atoms with Crippen LogP contribution in [0.1, 0.15) is 13.8 Å². The Morgan fingerprint density at radius 2 is 2.00 bits per heavy atom. The minimum absolute atomic E-state index is 0.511. The second-order valence-electron chi connectivity index (χ2n) is 2.01. The minimum atomic E-state index is 0.511. The Bertz CT molecular complexity index is 179. The smallest absolute Gasteiger partial charge is 0.129 e. The van der Waals surface area contributed by atoms with E-state index in [1.54, 1.807) is 14.0 Å². The molecule has 0 unspecified atom stereocenters. The van der Waals surface area contributed by atoms with Gasteiger partial charge in [0.25, 0.3) is 0 Å². The zero-order valence-electron chi connectivity index (χ0n) is 6.65. The first-order valence-corrected chi connectivity index (χ1v) is 3.04. The molecule has 3 nitrogen and oxygen atoms in total. The largest absolute Gasteiger partial charge is 0.373 e. The first-order valence-electron chi connectivity index (χ1n) is 3.04. The van der Waals surface area contributed by atoms with Crippen LogP contribution in [-0.4, -0.2) is 19.5 Å². The van der Waals surface area contributed by atoms with Crippen LogP contribution in [0.2, 0.25) is 0 Å². The zero-order chi connectivity index (χ0) is 8.15. The molecule has 0 heterocycles. The van der Waals surface area contributed by atoms with Crippen LogP contribution in [-0.2, 0) is 0 Å². The van der Waals surface area contributed by atoms with Crippen LogP contribution in [0.4, 0.5) is 0 Å². The van der Waals surface area contributed by atoms with Gasteiger partial charge < -0.3 is 10.7 Å². The van der Waals surface area contributed by atoms with Gasteiger partial charge in [-0.05, 0) is 20.6 Å².